The van der Waals surface area contributed by atoms with Crippen LogP contribution in [-0.4, -0.2) is 92.0 Å². The topological polar surface area (TPSA) is 81.7 Å². The molecular formula is C31H41N6O2Si. The molecule has 1 aromatic carbocycles. The normalized spacial score (nSPS) is 27.8. The van der Waals surface area contributed by atoms with Crippen LogP contribution in [0.3, 0.4) is 0 Å². The molecule has 3 fully saturated rings. The number of piperidine rings is 2. The van der Waals surface area contributed by atoms with Crippen molar-refractivity contribution >= 4 is 28.0 Å². The van der Waals surface area contributed by atoms with Gasteiger partial charge in [-0.1, -0.05) is 30.3 Å². The first kappa shape index (κ1) is 27.4. The fraction of sp³-hybridized carbons (Fsp3) is 0.613. The number of amides is 2. The molecule has 1 aromatic heterocycles. The molecule has 0 unspecified atom stereocenters. The number of hydrogen-bond acceptors (Lipinski definition) is 6. The molecule has 6 rings (SSSR count). The number of nitrogens with one attached hydrogen (secondary N) is 1. The van der Waals surface area contributed by atoms with E-state index in [4.69, 9.17) is 4.98 Å². The van der Waals surface area contributed by atoms with E-state index in [2.05, 4.69) is 63.7 Å². The van der Waals surface area contributed by atoms with Gasteiger partial charge in [-0.3, -0.25) is 9.59 Å². The highest BCUT2D eigenvalue weighted by Gasteiger charge is 2.48. The molecule has 3 atom stereocenters. The zero-order valence-electron chi connectivity index (χ0n) is 23.8. The van der Waals surface area contributed by atoms with Crippen LogP contribution in [0.1, 0.15) is 68.2 Å². The summed E-state index contributed by atoms with van der Waals surface area (Å²) in [6.45, 7) is 5.91. The van der Waals surface area contributed by atoms with E-state index in [0.717, 1.165) is 69.5 Å². The van der Waals surface area contributed by atoms with E-state index >= 15 is 0 Å². The summed E-state index contributed by atoms with van der Waals surface area (Å²) in [4.78, 5) is 42.7. The van der Waals surface area contributed by atoms with E-state index in [9.17, 15) is 9.59 Å². The molecule has 2 amide bonds. The van der Waals surface area contributed by atoms with Crippen molar-refractivity contribution in [3.05, 3.63) is 53.3 Å². The molecule has 8 nitrogen and oxygen atoms in total. The van der Waals surface area contributed by atoms with Crippen molar-refractivity contribution in [2.75, 3.05) is 38.5 Å². The molecular weight excluding hydrogens is 516 g/mol. The molecule has 1 aliphatic carbocycles. The van der Waals surface area contributed by atoms with Crippen molar-refractivity contribution in [2.45, 2.75) is 81.5 Å². The zero-order chi connectivity index (χ0) is 27.9. The summed E-state index contributed by atoms with van der Waals surface area (Å²) in [6.07, 6.45) is 8.39. The van der Waals surface area contributed by atoms with E-state index in [0.29, 0.717) is 24.3 Å². The fourth-order valence-corrected chi connectivity index (χ4v) is 7.19. The van der Waals surface area contributed by atoms with Crippen molar-refractivity contribution in [1.29, 1.82) is 0 Å². The van der Waals surface area contributed by atoms with Gasteiger partial charge in [0.15, 0.2) is 0 Å². The number of fused-ring (bicyclic) bond motifs is 1. The van der Waals surface area contributed by atoms with Crippen molar-refractivity contribution in [2.24, 2.45) is 5.92 Å². The molecule has 3 aliphatic heterocycles. The lowest BCUT2D eigenvalue weighted by molar-refractivity contribution is -0.140. The van der Waals surface area contributed by atoms with Crippen molar-refractivity contribution in [1.82, 2.24) is 24.7 Å². The van der Waals surface area contributed by atoms with Gasteiger partial charge < -0.3 is 20.0 Å². The Labute approximate surface area is 241 Å². The Morgan fingerprint density at radius 1 is 1.10 bits per heavy atom. The maximum Gasteiger partial charge on any atom is 0.226 e. The molecule has 40 heavy (non-hydrogen) atoms. The summed E-state index contributed by atoms with van der Waals surface area (Å²) < 4.78 is 0. The van der Waals surface area contributed by atoms with Crippen LogP contribution >= 0.6 is 0 Å². The van der Waals surface area contributed by atoms with Gasteiger partial charge in [0.1, 0.15) is 0 Å². The van der Waals surface area contributed by atoms with Gasteiger partial charge in [-0.2, -0.15) is 0 Å². The van der Waals surface area contributed by atoms with Crippen LogP contribution < -0.4 is 5.32 Å². The molecule has 211 valence electrons. The minimum absolute atomic E-state index is 0.0647. The van der Waals surface area contributed by atoms with Gasteiger partial charge in [0, 0.05) is 65.5 Å². The average Bonchev–Trinajstić information content (AvgIpc) is 3.78. The Morgan fingerprint density at radius 3 is 2.58 bits per heavy atom. The van der Waals surface area contributed by atoms with Crippen molar-refractivity contribution < 1.29 is 9.59 Å². The van der Waals surface area contributed by atoms with Gasteiger partial charge in [0.2, 0.25) is 17.8 Å². The third-order valence-corrected chi connectivity index (χ3v) is 10.3. The van der Waals surface area contributed by atoms with Gasteiger partial charge in [-0.15, -0.1) is 0 Å². The molecule has 0 bridgehead atoms. The first-order valence-corrected chi connectivity index (χ1v) is 15.5. The second-order valence-corrected chi connectivity index (χ2v) is 13.4. The number of hydrogen-bond donors (Lipinski definition) is 1. The Morgan fingerprint density at radius 2 is 1.85 bits per heavy atom. The molecule has 9 heteroatoms. The molecule has 4 aliphatic rings. The number of nitrogens with zero attached hydrogens (tertiary/aromatic N) is 5. The van der Waals surface area contributed by atoms with Crippen LogP contribution in [0.15, 0.2) is 36.5 Å². The smallest absolute Gasteiger partial charge is 0.226 e. The minimum Gasteiger partial charge on any atom is -0.351 e. The van der Waals surface area contributed by atoms with E-state index < -0.39 is 5.04 Å². The predicted molar refractivity (Wildman–Crippen MR) is 156 cm³/mol. The first-order chi connectivity index (χ1) is 19.3. The third kappa shape index (κ3) is 5.68. The molecule has 1 saturated carbocycles. The van der Waals surface area contributed by atoms with E-state index in [-0.39, 0.29) is 23.9 Å². The second-order valence-electron chi connectivity index (χ2n) is 12.5. The molecule has 4 heterocycles. The maximum atomic E-state index is 14.3. The summed E-state index contributed by atoms with van der Waals surface area (Å²) in [6, 6.07) is 10.7. The van der Waals surface area contributed by atoms with Gasteiger partial charge in [0.05, 0.1) is 12.2 Å². The minimum atomic E-state index is -0.654. The number of anilines is 1. The molecule has 0 spiro atoms. The van der Waals surface area contributed by atoms with Gasteiger partial charge >= 0.3 is 0 Å². The Hall–Kier alpha value is -2.78. The number of aromatic nitrogens is 2. The van der Waals surface area contributed by atoms with Gasteiger partial charge in [-0.25, -0.2) is 9.97 Å². The largest absolute Gasteiger partial charge is 0.351 e. The number of carbonyl (C=O) groups is 2. The third-order valence-electron chi connectivity index (χ3n) is 9.48. The highest BCUT2D eigenvalue weighted by atomic mass is 28.1. The predicted octanol–water partition coefficient (Wildman–Crippen LogP) is 3.40. The Bertz CT molecular complexity index is 1230. The van der Waals surface area contributed by atoms with Crippen LogP contribution in [-0.2, 0) is 22.6 Å². The lowest BCUT2D eigenvalue weighted by atomic mass is 9.78. The van der Waals surface area contributed by atoms with E-state index in [1.54, 1.807) is 0 Å². The number of benzene rings is 1. The summed E-state index contributed by atoms with van der Waals surface area (Å²) in [5.74, 6) is 1.78. The number of rotatable bonds is 6. The summed E-state index contributed by atoms with van der Waals surface area (Å²) in [7, 11) is 6.22. The molecule has 2 aromatic rings. The zero-order valence-corrected chi connectivity index (χ0v) is 24.8. The standard InChI is InChI=1S/C31H41N6O2Si/c1-21-16-24-18-32-30(33-25-10-13-36(14-11-25)28(38)17-22-8-9-22)34-27(24)20-37(21)29(39)31(40)12-15-35(2)19-26(31)23-6-4-3-5-7-23/h3-7,18,21-22,25-26H,8-17,19-20H2,1-2H3,(H,32,33,34)/t21-,26-,31+/m1/s1. The number of carbonyl (C=O) groups excluding carboxylic acids is 2. The molecule has 2 saturated heterocycles. The van der Waals surface area contributed by atoms with Crippen LogP contribution in [0.25, 0.3) is 0 Å². The molecule has 1 N–H and O–H groups in total. The second kappa shape index (κ2) is 11.2. The monoisotopic (exact) mass is 557 g/mol. The van der Waals surface area contributed by atoms with Crippen LogP contribution in [0.4, 0.5) is 5.95 Å². The lowest BCUT2D eigenvalue weighted by Crippen LogP contribution is -2.53. The van der Waals surface area contributed by atoms with Crippen LogP contribution in [0, 0.1) is 5.92 Å². The summed E-state index contributed by atoms with van der Waals surface area (Å²) in [5.41, 5.74) is 3.24. The van der Waals surface area contributed by atoms with Crippen molar-refractivity contribution in [3.63, 3.8) is 0 Å². The van der Waals surface area contributed by atoms with Crippen molar-refractivity contribution in [3.8, 4) is 0 Å². The lowest BCUT2D eigenvalue weighted by Gasteiger charge is -2.48. The fourth-order valence-electron chi connectivity index (χ4n) is 6.68. The summed E-state index contributed by atoms with van der Waals surface area (Å²) in [5, 5.41) is 2.87. The average molecular weight is 558 g/mol. The quantitative estimate of drug-likeness (QED) is 0.549. The van der Waals surface area contributed by atoms with Crippen LogP contribution in [0.5, 0.6) is 0 Å². The van der Waals surface area contributed by atoms with Gasteiger partial charge in [-0.05, 0) is 76.1 Å². The Balaban J connectivity index is 1.13. The summed E-state index contributed by atoms with van der Waals surface area (Å²) >= 11 is 0. The van der Waals surface area contributed by atoms with Gasteiger partial charge in [0.25, 0.3) is 0 Å². The SMILES string of the molecule is C[C@@H]1Cc2cnc(NC3CCN(C(=O)CC4CC4)CC3)nc2CN1C(=O)[C@]1([Si])CCN(C)C[C@@H]1c1ccccc1. The van der Waals surface area contributed by atoms with E-state index in [1.807, 2.05) is 22.1 Å². The van der Waals surface area contributed by atoms with E-state index in [1.165, 1.54) is 18.4 Å². The number of likely N-dealkylation sites (tertiary alicyclic amines) is 2. The maximum absolute atomic E-state index is 14.3. The first-order valence-electron chi connectivity index (χ1n) is 15.0. The number of likely N-dealkylation sites (N-methyl/N-ethyl adjacent to an activating group) is 1. The highest BCUT2D eigenvalue weighted by molar-refractivity contribution is 6.29. The highest BCUT2D eigenvalue weighted by Crippen LogP contribution is 2.48. The Kier molecular flexibility index (Phi) is 7.70. The molecule has 3 radical (unpaired) electrons. The van der Waals surface area contributed by atoms with Crippen LogP contribution in [0.2, 0.25) is 5.04 Å².